The van der Waals surface area contributed by atoms with Gasteiger partial charge in [-0.1, -0.05) is 30.3 Å². The van der Waals surface area contributed by atoms with E-state index in [1.807, 2.05) is 30.3 Å². The van der Waals surface area contributed by atoms with Gasteiger partial charge >= 0.3 is 0 Å². The molecule has 122 valence electrons. The first kappa shape index (κ1) is 17.1. The van der Waals surface area contributed by atoms with Gasteiger partial charge in [-0.15, -0.1) is 0 Å². The molecule has 1 heterocycles. The third kappa shape index (κ3) is 4.36. The van der Waals surface area contributed by atoms with Crippen LogP contribution in [0.15, 0.2) is 53.4 Å². The molecule has 0 bridgehead atoms. The number of imidazole rings is 1. The van der Waals surface area contributed by atoms with Crippen LogP contribution in [0, 0.1) is 0 Å². The second-order valence-corrected chi connectivity index (χ2v) is 6.04. The van der Waals surface area contributed by atoms with Crippen molar-refractivity contribution in [1.82, 2.24) is 9.97 Å². The van der Waals surface area contributed by atoms with Crippen molar-refractivity contribution >= 4 is 21.2 Å². The van der Waals surface area contributed by atoms with E-state index in [-0.39, 0.29) is 11.5 Å². The fourth-order valence-corrected chi connectivity index (χ4v) is 2.39. The van der Waals surface area contributed by atoms with E-state index in [0.717, 1.165) is 5.56 Å². The van der Waals surface area contributed by atoms with Gasteiger partial charge in [0.2, 0.25) is 0 Å². The lowest BCUT2D eigenvalue weighted by Crippen LogP contribution is -2.02. The summed E-state index contributed by atoms with van der Waals surface area (Å²) in [5, 5.41) is 7.75. The Hall–Kier alpha value is -2.26. The second-order valence-electron chi connectivity index (χ2n) is 4.62. The molecule has 0 unspecified atom stereocenters. The van der Waals surface area contributed by atoms with Gasteiger partial charge < -0.3 is 15.8 Å². The zero-order chi connectivity index (χ0) is 16.9. The lowest BCUT2D eigenvalue weighted by molar-refractivity contribution is 0.306. The van der Waals surface area contributed by atoms with Gasteiger partial charge in [-0.2, -0.15) is 8.42 Å². The molecule has 0 saturated heterocycles. The highest BCUT2D eigenvalue weighted by Crippen LogP contribution is 2.22. The lowest BCUT2D eigenvalue weighted by atomic mass is 10.2. The number of fused-ring (bicyclic) bond motifs is 1. The number of hydrogen-bond donors (Lipinski definition) is 4. The molecule has 0 atom stereocenters. The van der Waals surface area contributed by atoms with E-state index in [4.69, 9.17) is 15.4 Å². The van der Waals surface area contributed by atoms with Gasteiger partial charge in [0.25, 0.3) is 10.1 Å². The smallest absolute Gasteiger partial charge is 0.294 e. The molecule has 5 N–H and O–H groups in total. The minimum atomic E-state index is -4.20. The van der Waals surface area contributed by atoms with Crippen molar-refractivity contribution in [3.63, 3.8) is 0 Å². The molecule has 1 aromatic heterocycles. The van der Waals surface area contributed by atoms with Crippen LogP contribution in [0.1, 0.15) is 0 Å². The van der Waals surface area contributed by atoms with Crippen molar-refractivity contribution in [2.45, 2.75) is 4.90 Å². The average molecular weight is 335 g/mol. The van der Waals surface area contributed by atoms with Crippen LogP contribution < -0.4 is 5.73 Å². The van der Waals surface area contributed by atoms with Gasteiger partial charge in [0.05, 0.1) is 22.5 Å². The van der Waals surface area contributed by atoms with Crippen LogP contribution in [0.5, 0.6) is 0 Å². The monoisotopic (exact) mass is 335 g/mol. The molecule has 0 spiro atoms. The summed E-state index contributed by atoms with van der Waals surface area (Å²) in [5.74, 6) is 0.656. The van der Waals surface area contributed by atoms with E-state index >= 15 is 0 Å². The van der Waals surface area contributed by atoms with Crippen LogP contribution in [0.4, 0.5) is 0 Å². The lowest BCUT2D eigenvalue weighted by Gasteiger charge is -1.95. The SMILES string of the molecule is NCCO.O=S(=O)(O)c1ccc2nc(-c3ccccc3)[nH]c2c1. The van der Waals surface area contributed by atoms with E-state index in [0.29, 0.717) is 23.4 Å². The molecule has 0 amide bonds. The third-order valence-corrected chi connectivity index (χ3v) is 3.78. The van der Waals surface area contributed by atoms with Gasteiger partial charge in [0.15, 0.2) is 0 Å². The van der Waals surface area contributed by atoms with Gasteiger partial charge in [-0.25, -0.2) is 4.98 Å². The van der Waals surface area contributed by atoms with Crippen molar-refractivity contribution in [3.8, 4) is 11.4 Å². The van der Waals surface area contributed by atoms with E-state index in [1.165, 1.54) is 12.1 Å². The first-order valence-electron chi connectivity index (χ1n) is 6.79. The molecular formula is C15H17N3O4S. The highest BCUT2D eigenvalue weighted by atomic mass is 32.2. The van der Waals surface area contributed by atoms with Crippen LogP contribution in [-0.4, -0.2) is 41.2 Å². The Morgan fingerprint density at radius 3 is 2.35 bits per heavy atom. The molecule has 0 aliphatic carbocycles. The number of benzene rings is 2. The Kier molecular flexibility index (Phi) is 5.45. The normalized spacial score (nSPS) is 11.1. The summed E-state index contributed by atoms with van der Waals surface area (Å²) in [6.45, 7) is 0.472. The summed E-state index contributed by atoms with van der Waals surface area (Å²) in [4.78, 5) is 7.26. The number of nitrogens with one attached hydrogen (secondary N) is 1. The molecule has 0 aliphatic heterocycles. The second kappa shape index (κ2) is 7.34. The summed E-state index contributed by atoms with van der Waals surface area (Å²) >= 11 is 0. The fraction of sp³-hybridized carbons (Fsp3) is 0.133. The Morgan fingerprint density at radius 1 is 1.13 bits per heavy atom. The van der Waals surface area contributed by atoms with Gasteiger partial charge in [0.1, 0.15) is 5.82 Å². The summed E-state index contributed by atoms with van der Waals surface area (Å²) in [7, 11) is -4.20. The number of aromatic amines is 1. The quantitative estimate of drug-likeness (QED) is 0.536. The molecule has 0 fully saturated rings. The number of nitrogens with two attached hydrogens (primary N) is 1. The number of nitrogens with zero attached hydrogens (tertiary/aromatic N) is 1. The van der Waals surface area contributed by atoms with E-state index < -0.39 is 10.1 Å². The predicted molar refractivity (Wildman–Crippen MR) is 87.5 cm³/mol. The maximum atomic E-state index is 11.1. The summed E-state index contributed by atoms with van der Waals surface area (Å²) in [5.41, 5.74) is 6.90. The topological polar surface area (TPSA) is 129 Å². The van der Waals surface area contributed by atoms with E-state index in [2.05, 4.69) is 9.97 Å². The van der Waals surface area contributed by atoms with Gasteiger partial charge in [-0.05, 0) is 18.2 Å². The van der Waals surface area contributed by atoms with Crippen molar-refractivity contribution in [3.05, 3.63) is 48.5 Å². The minimum absolute atomic E-state index is 0.0972. The number of hydrogen-bond acceptors (Lipinski definition) is 5. The number of aliphatic hydroxyl groups excluding tert-OH is 1. The Balaban J connectivity index is 0.000000433. The summed E-state index contributed by atoms with van der Waals surface area (Å²) in [6, 6.07) is 13.8. The van der Waals surface area contributed by atoms with Crippen LogP contribution in [0.25, 0.3) is 22.4 Å². The fourth-order valence-electron chi connectivity index (χ4n) is 1.88. The van der Waals surface area contributed by atoms with Crippen LogP contribution in [-0.2, 0) is 10.1 Å². The highest BCUT2D eigenvalue weighted by molar-refractivity contribution is 7.85. The van der Waals surface area contributed by atoms with Gasteiger partial charge in [-0.3, -0.25) is 4.55 Å². The first-order valence-corrected chi connectivity index (χ1v) is 8.23. The molecular weight excluding hydrogens is 318 g/mol. The number of H-pyrrole nitrogens is 1. The van der Waals surface area contributed by atoms with E-state index in [9.17, 15) is 8.42 Å². The molecule has 0 saturated carbocycles. The molecule has 3 aromatic rings. The standard InChI is InChI=1S/C13H10N2O3S.C2H7NO/c16-19(17,18)10-6-7-11-12(8-10)15-13(14-11)9-4-2-1-3-5-9;3-1-2-4/h1-8H,(H,14,15)(H,16,17,18);4H,1-3H2. The predicted octanol–water partition coefficient (Wildman–Crippen LogP) is 1.41. The molecule has 8 heteroatoms. The van der Waals surface area contributed by atoms with Crippen molar-refractivity contribution < 1.29 is 18.1 Å². The number of rotatable bonds is 3. The third-order valence-electron chi connectivity index (χ3n) is 2.93. The van der Waals surface area contributed by atoms with Crippen molar-refractivity contribution in [1.29, 1.82) is 0 Å². The largest absolute Gasteiger partial charge is 0.395 e. The summed E-state index contributed by atoms with van der Waals surface area (Å²) in [6.07, 6.45) is 0. The van der Waals surface area contributed by atoms with Crippen molar-refractivity contribution in [2.75, 3.05) is 13.2 Å². The van der Waals surface area contributed by atoms with Gasteiger partial charge in [0, 0.05) is 12.1 Å². The zero-order valence-corrected chi connectivity index (χ0v) is 13.0. The van der Waals surface area contributed by atoms with Crippen LogP contribution >= 0.6 is 0 Å². The van der Waals surface area contributed by atoms with Crippen LogP contribution in [0.2, 0.25) is 0 Å². The van der Waals surface area contributed by atoms with E-state index in [1.54, 1.807) is 6.07 Å². The Bertz CT molecular complexity index is 874. The molecule has 0 radical (unpaired) electrons. The molecule has 0 aliphatic rings. The number of aliphatic hydroxyl groups is 1. The maximum absolute atomic E-state index is 11.1. The molecule has 2 aromatic carbocycles. The van der Waals surface area contributed by atoms with Crippen molar-refractivity contribution in [2.24, 2.45) is 5.73 Å². The van der Waals surface area contributed by atoms with Crippen LogP contribution in [0.3, 0.4) is 0 Å². The Labute approximate surface area is 133 Å². The number of aromatic nitrogens is 2. The highest BCUT2D eigenvalue weighted by Gasteiger charge is 2.12. The zero-order valence-electron chi connectivity index (χ0n) is 12.2. The first-order chi connectivity index (χ1) is 11.0. The Morgan fingerprint density at radius 2 is 1.78 bits per heavy atom. The molecule has 3 rings (SSSR count). The summed E-state index contributed by atoms with van der Waals surface area (Å²) < 4.78 is 31.2. The maximum Gasteiger partial charge on any atom is 0.294 e. The average Bonchev–Trinajstić information content (AvgIpc) is 2.98. The molecule has 23 heavy (non-hydrogen) atoms. The molecule has 7 nitrogen and oxygen atoms in total. The minimum Gasteiger partial charge on any atom is -0.395 e.